The van der Waals surface area contributed by atoms with Gasteiger partial charge in [-0.3, -0.25) is 4.79 Å². The molecule has 0 N–H and O–H groups in total. The van der Waals surface area contributed by atoms with Crippen LogP contribution >= 0.6 is 23.2 Å². The average Bonchev–Trinajstić information content (AvgIpc) is 2.17. The Hall–Kier alpha value is -1.05. The van der Waals surface area contributed by atoms with E-state index in [2.05, 4.69) is 0 Å². The second-order valence-corrected chi connectivity index (χ2v) is 3.77. The summed E-state index contributed by atoms with van der Waals surface area (Å²) in [5.74, 6) is 0. The van der Waals surface area contributed by atoms with Crippen LogP contribution in [0.5, 0.6) is 0 Å². The van der Waals surface area contributed by atoms with E-state index in [0.29, 0.717) is 15.6 Å². The third-order valence-electron chi connectivity index (χ3n) is 2.07. The van der Waals surface area contributed by atoms with Gasteiger partial charge in [-0.1, -0.05) is 35.3 Å². The topological polar surface area (TPSA) is 17.1 Å². The Morgan fingerprint density at radius 2 is 1.86 bits per heavy atom. The zero-order chi connectivity index (χ0) is 10.1. The van der Waals surface area contributed by atoms with Crippen LogP contribution in [0.3, 0.4) is 0 Å². The monoisotopic (exact) mass is 224 g/mol. The van der Waals surface area contributed by atoms with Crippen molar-refractivity contribution in [3.8, 4) is 0 Å². The summed E-state index contributed by atoms with van der Waals surface area (Å²) >= 11 is 11.9. The van der Waals surface area contributed by atoms with Crippen molar-refractivity contribution in [3.05, 3.63) is 45.9 Å². The van der Waals surface area contributed by atoms with Crippen LogP contribution in [0.1, 0.15) is 10.4 Å². The molecule has 0 aliphatic rings. The first-order chi connectivity index (χ1) is 6.72. The Balaban J connectivity index is 2.86. The van der Waals surface area contributed by atoms with Crippen LogP contribution in [-0.4, -0.2) is 6.29 Å². The molecule has 70 valence electrons. The number of hydrogen-bond donors (Lipinski definition) is 0. The summed E-state index contributed by atoms with van der Waals surface area (Å²) in [4.78, 5) is 10.7. The van der Waals surface area contributed by atoms with E-state index in [9.17, 15) is 4.79 Å². The van der Waals surface area contributed by atoms with E-state index in [0.717, 1.165) is 17.1 Å². The van der Waals surface area contributed by atoms with Crippen LogP contribution < -0.4 is 0 Å². The Morgan fingerprint density at radius 3 is 2.57 bits per heavy atom. The number of halogens is 2. The van der Waals surface area contributed by atoms with Crippen LogP contribution in [-0.2, 0) is 0 Å². The number of benzene rings is 2. The summed E-state index contributed by atoms with van der Waals surface area (Å²) in [5.41, 5.74) is 0.465. The summed E-state index contributed by atoms with van der Waals surface area (Å²) < 4.78 is 0. The minimum Gasteiger partial charge on any atom is -0.298 e. The van der Waals surface area contributed by atoms with Crippen molar-refractivity contribution < 1.29 is 4.79 Å². The van der Waals surface area contributed by atoms with Gasteiger partial charge in [-0.05, 0) is 23.6 Å². The molecule has 0 atom stereocenters. The van der Waals surface area contributed by atoms with Crippen molar-refractivity contribution in [1.82, 2.24) is 0 Å². The van der Waals surface area contributed by atoms with Crippen molar-refractivity contribution in [3.63, 3.8) is 0 Å². The van der Waals surface area contributed by atoms with E-state index in [1.165, 1.54) is 0 Å². The van der Waals surface area contributed by atoms with Gasteiger partial charge in [-0.2, -0.15) is 0 Å². The quantitative estimate of drug-likeness (QED) is 0.671. The molecule has 0 aromatic heterocycles. The predicted molar refractivity (Wildman–Crippen MR) is 59.4 cm³/mol. The molecule has 2 aromatic rings. The van der Waals surface area contributed by atoms with E-state index >= 15 is 0 Å². The molecule has 0 aliphatic carbocycles. The fourth-order valence-electron chi connectivity index (χ4n) is 1.37. The highest BCUT2D eigenvalue weighted by atomic mass is 35.5. The highest BCUT2D eigenvalue weighted by Gasteiger charge is 2.04. The van der Waals surface area contributed by atoms with Crippen LogP contribution in [0, 0.1) is 0 Å². The Morgan fingerprint density at radius 1 is 1.07 bits per heavy atom. The van der Waals surface area contributed by atoms with E-state index < -0.39 is 0 Å². The number of carbonyl (C=O) groups is 1. The molecule has 0 spiro atoms. The van der Waals surface area contributed by atoms with Gasteiger partial charge >= 0.3 is 0 Å². The standard InChI is InChI=1S/C11H6Cl2O/c12-10-3-1-2-7-5-11(13)8(6-14)4-9(7)10/h1-6H. The van der Waals surface area contributed by atoms with Gasteiger partial charge in [0, 0.05) is 16.0 Å². The van der Waals surface area contributed by atoms with Gasteiger partial charge in [0.1, 0.15) is 0 Å². The van der Waals surface area contributed by atoms with Crippen molar-refractivity contribution in [2.75, 3.05) is 0 Å². The second-order valence-electron chi connectivity index (χ2n) is 2.95. The number of fused-ring (bicyclic) bond motifs is 1. The molecule has 0 fully saturated rings. The van der Waals surface area contributed by atoms with Gasteiger partial charge in [0.25, 0.3) is 0 Å². The molecule has 0 unspecified atom stereocenters. The van der Waals surface area contributed by atoms with Crippen molar-refractivity contribution in [2.45, 2.75) is 0 Å². The van der Waals surface area contributed by atoms with Gasteiger partial charge in [0.05, 0.1) is 5.02 Å². The lowest BCUT2D eigenvalue weighted by Crippen LogP contribution is -1.83. The fourth-order valence-corrected chi connectivity index (χ4v) is 1.82. The molecule has 2 aromatic carbocycles. The normalized spacial score (nSPS) is 10.4. The second kappa shape index (κ2) is 3.60. The molecule has 0 saturated carbocycles. The molecule has 2 rings (SSSR count). The van der Waals surface area contributed by atoms with Gasteiger partial charge < -0.3 is 0 Å². The van der Waals surface area contributed by atoms with Gasteiger partial charge in [0.15, 0.2) is 6.29 Å². The molecular weight excluding hydrogens is 219 g/mol. The summed E-state index contributed by atoms with van der Waals surface area (Å²) in [6, 6.07) is 8.98. The van der Waals surface area contributed by atoms with E-state index in [4.69, 9.17) is 23.2 Å². The molecule has 0 radical (unpaired) electrons. The largest absolute Gasteiger partial charge is 0.298 e. The minimum atomic E-state index is 0.453. The first-order valence-electron chi connectivity index (χ1n) is 4.05. The van der Waals surface area contributed by atoms with E-state index in [1.54, 1.807) is 18.2 Å². The van der Waals surface area contributed by atoms with Crippen LogP contribution in [0.2, 0.25) is 10.0 Å². The molecule has 0 amide bonds. The molecule has 0 aliphatic heterocycles. The highest BCUT2D eigenvalue weighted by molar-refractivity contribution is 6.37. The molecule has 1 nitrogen and oxygen atoms in total. The van der Waals surface area contributed by atoms with Crippen LogP contribution in [0.15, 0.2) is 30.3 Å². The lowest BCUT2D eigenvalue weighted by Gasteiger charge is -2.02. The molecule has 0 heterocycles. The smallest absolute Gasteiger partial charge is 0.151 e. The lowest BCUT2D eigenvalue weighted by atomic mass is 10.1. The average molecular weight is 225 g/mol. The molecular formula is C11H6Cl2O. The van der Waals surface area contributed by atoms with Crippen LogP contribution in [0.4, 0.5) is 0 Å². The summed E-state index contributed by atoms with van der Waals surface area (Å²) in [7, 11) is 0. The van der Waals surface area contributed by atoms with E-state index in [1.807, 2.05) is 12.1 Å². The number of aldehydes is 1. The number of carbonyl (C=O) groups excluding carboxylic acids is 1. The minimum absolute atomic E-state index is 0.453. The maximum atomic E-state index is 10.7. The zero-order valence-electron chi connectivity index (χ0n) is 7.13. The Kier molecular flexibility index (Phi) is 2.44. The maximum absolute atomic E-state index is 10.7. The third kappa shape index (κ3) is 1.49. The predicted octanol–water partition coefficient (Wildman–Crippen LogP) is 3.96. The summed E-state index contributed by atoms with van der Waals surface area (Å²) in [5, 5.41) is 2.87. The van der Waals surface area contributed by atoms with Crippen LogP contribution in [0.25, 0.3) is 10.8 Å². The lowest BCUT2D eigenvalue weighted by molar-refractivity contribution is 0.112. The van der Waals surface area contributed by atoms with Crippen molar-refractivity contribution in [1.29, 1.82) is 0 Å². The van der Waals surface area contributed by atoms with Crippen molar-refractivity contribution in [2.24, 2.45) is 0 Å². The molecule has 3 heteroatoms. The zero-order valence-corrected chi connectivity index (χ0v) is 8.64. The molecule has 0 bridgehead atoms. The Bertz CT molecular complexity index is 506. The first-order valence-corrected chi connectivity index (χ1v) is 4.81. The third-order valence-corrected chi connectivity index (χ3v) is 2.73. The molecule has 14 heavy (non-hydrogen) atoms. The highest BCUT2D eigenvalue weighted by Crippen LogP contribution is 2.28. The first kappa shape index (κ1) is 9.50. The van der Waals surface area contributed by atoms with Gasteiger partial charge in [-0.25, -0.2) is 0 Å². The van der Waals surface area contributed by atoms with Crippen molar-refractivity contribution >= 4 is 40.3 Å². The SMILES string of the molecule is O=Cc1cc2c(Cl)cccc2cc1Cl. The van der Waals surface area contributed by atoms with Gasteiger partial charge in [0.2, 0.25) is 0 Å². The Labute approximate surface area is 91.2 Å². The summed E-state index contributed by atoms with van der Waals surface area (Å²) in [6.07, 6.45) is 0.727. The fraction of sp³-hybridized carbons (Fsp3) is 0. The maximum Gasteiger partial charge on any atom is 0.151 e. The number of rotatable bonds is 1. The van der Waals surface area contributed by atoms with E-state index in [-0.39, 0.29) is 0 Å². The number of hydrogen-bond acceptors (Lipinski definition) is 1. The summed E-state index contributed by atoms with van der Waals surface area (Å²) in [6.45, 7) is 0. The molecule has 0 saturated heterocycles. The van der Waals surface area contributed by atoms with Gasteiger partial charge in [-0.15, -0.1) is 0 Å².